The van der Waals surface area contributed by atoms with Crippen LogP contribution in [0.15, 0.2) is 84.9 Å². The molecule has 0 aliphatic carbocycles. The largest absolute Gasteiger partial charge is 0.508 e. The number of hydrogen-bond acceptors (Lipinski definition) is 3. The summed E-state index contributed by atoms with van der Waals surface area (Å²) in [7, 11) is 0. The predicted molar refractivity (Wildman–Crippen MR) is 104 cm³/mol. The third-order valence-electron chi connectivity index (χ3n) is 4.34. The number of ketones is 1. The van der Waals surface area contributed by atoms with Crippen LogP contribution in [0.4, 0.5) is 0 Å². The number of hydrogen-bond donors (Lipinski definition) is 1. The molecular weight excluding hydrogens is 322 g/mol. The van der Waals surface area contributed by atoms with Gasteiger partial charge in [-0.25, -0.2) is 0 Å². The number of carbonyl (C=O) groups excluding carboxylic acids is 1. The highest BCUT2D eigenvalue weighted by Crippen LogP contribution is 2.14. The molecule has 0 bridgehead atoms. The fraction of sp³-hybridized carbons (Fsp3) is 0.174. The van der Waals surface area contributed by atoms with Crippen LogP contribution in [0.2, 0.25) is 0 Å². The van der Waals surface area contributed by atoms with Crippen LogP contribution in [0.5, 0.6) is 5.75 Å². The summed E-state index contributed by atoms with van der Waals surface area (Å²) in [5.41, 5.74) is 3.11. The molecule has 0 atom stereocenters. The molecule has 0 saturated heterocycles. The van der Waals surface area contributed by atoms with Gasteiger partial charge in [0.25, 0.3) is 0 Å². The van der Waals surface area contributed by atoms with Crippen LogP contribution in [0, 0.1) is 0 Å². The fourth-order valence-corrected chi connectivity index (χ4v) is 2.95. The van der Waals surface area contributed by atoms with Crippen molar-refractivity contribution in [3.05, 3.63) is 102 Å². The molecule has 0 aliphatic heterocycles. The smallest absolute Gasteiger partial charge is 0.164 e. The van der Waals surface area contributed by atoms with Crippen molar-refractivity contribution in [2.75, 3.05) is 6.54 Å². The van der Waals surface area contributed by atoms with E-state index < -0.39 is 0 Å². The Kier molecular flexibility index (Phi) is 6.18. The van der Waals surface area contributed by atoms with Crippen molar-refractivity contribution in [1.82, 2.24) is 4.90 Å². The Hall–Kier alpha value is -2.91. The van der Waals surface area contributed by atoms with Crippen molar-refractivity contribution < 1.29 is 9.90 Å². The number of rotatable bonds is 8. The molecule has 3 aromatic carbocycles. The maximum Gasteiger partial charge on any atom is 0.164 e. The molecule has 0 radical (unpaired) electrons. The van der Waals surface area contributed by atoms with Crippen LogP contribution in [0.25, 0.3) is 0 Å². The van der Waals surface area contributed by atoms with Gasteiger partial charge in [0, 0.05) is 31.6 Å². The van der Waals surface area contributed by atoms with E-state index in [4.69, 9.17) is 0 Å². The zero-order valence-corrected chi connectivity index (χ0v) is 14.7. The third-order valence-corrected chi connectivity index (χ3v) is 4.34. The topological polar surface area (TPSA) is 40.5 Å². The van der Waals surface area contributed by atoms with Gasteiger partial charge in [-0.15, -0.1) is 0 Å². The van der Waals surface area contributed by atoms with Crippen LogP contribution < -0.4 is 0 Å². The van der Waals surface area contributed by atoms with E-state index in [0.29, 0.717) is 18.5 Å². The van der Waals surface area contributed by atoms with E-state index in [1.54, 1.807) is 24.3 Å². The first kappa shape index (κ1) is 17.9. The van der Waals surface area contributed by atoms with Gasteiger partial charge in [-0.3, -0.25) is 9.69 Å². The van der Waals surface area contributed by atoms with Crippen LogP contribution in [0.1, 0.15) is 27.9 Å². The van der Waals surface area contributed by atoms with E-state index in [0.717, 1.165) is 13.1 Å². The first-order valence-corrected chi connectivity index (χ1v) is 8.83. The number of nitrogens with zero attached hydrogens (tertiary/aromatic N) is 1. The van der Waals surface area contributed by atoms with Crippen molar-refractivity contribution >= 4 is 5.78 Å². The van der Waals surface area contributed by atoms with Gasteiger partial charge in [-0.05, 0) is 35.4 Å². The lowest BCUT2D eigenvalue weighted by Gasteiger charge is -2.22. The average molecular weight is 345 g/mol. The summed E-state index contributed by atoms with van der Waals surface area (Å²) in [6.07, 6.45) is 0.449. The molecule has 26 heavy (non-hydrogen) atoms. The molecule has 1 N–H and O–H groups in total. The van der Waals surface area contributed by atoms with E-state index in [1.807, 2.05) is 36.4 Å². The maximum absolute atomic E-state index is 12.5. The highest BCUT2D eigenvalue weighted by molar-refractivity contribution is 5.96. The zero-order valence-electron chi connectivity index (χ0n) is 14.7. The van der Waals surface area contributed by atoms with Gasteiger partial charge in [0.15, 0.2) is 5.78 Å². The van der Waals surface area contributed by atoms with Gasteiger partial charge < -0.3 is 5.11 Å². The molecule has 0 amide bonds. The van der Waals surface area contributed by atoms with Gasteiger partial charge >= 0.3 is 0 Å². The van der Waals surface area contributed by atoms with Gasteiger partial charge in [-0.1, -0.05) is 60.7 Å². The Balaban J connectivity index is 1.66. The van der Waals surface area contributed by atoms with E-state index in [-0.39, 0.29) is 11.5 Å². The first-order chi connectivity index (χ1) is 12.7. The molecule has 0 spiro atoms. The van der Waals surface area contributed by atoms with E-state index in [2.05, 4.69) is 29.2 Å². The molecule has 3 heteroatoms. The third kappa shape index (κ3) is 5.30. The molecule has 3 nitrogen and oxygen atoms in total. The number of carbonyl (C=O) groups is 1. The predicted octanol–water partition coefficient (Wildman–Crippen LogP) is 4.67. The Labute approximate surface area is 154 Å². The summed E-state index contributed by atoms with van der Waals surface area (Å²) in [5, 5.41) is 9.37. The second-order valence-electron chi connectivity index (χ2n) is 6.40. The minimum absolute atomic E-state index is 0.0936. The Morgan fingerprint density at radius 1 is 0.731 bits per heavy atom. The summed E-state index contributed by atoms with van der Waals surface area (Å²) in [4.78, 5) is 14.8. The summed E-state index contributed by atoms with van der Waals surface area (Å²) < 4.78 is 0. The van der Waals surface area contributed by atoms with Crippen molar-refractivity contribution in [2.24, 2.45) is 0 Å². The lowest BCUT2D eigenvalue weighted by atomic mass is 10.1. The Morgan fingerprint density at radius 2 is 1.23 bits per heavy atom. The average Bonchev–Trinajstić information content (AvgIpc) is 2.68. The Morgan fingerprint density at radius 3 is 1.73 bits per heavy atom. The highest BCUT2D eigenvalue weighted by Gasteiger charge is 2.11. The number of benzene rings is 3. The fourth-order valence-electron chi connectivity index (χ4n) is 2.95. The molecule has 0 aromatic heterocycles. The van der Waals surface area contributed by atoms with Crippen LogP contribution in [-0.2, 0) is 13.1 Å². The van der Waals surface area contributed by atoms with Crippen LogP contribution in [-0.4, -0.2) is 22.3 Å². The molecule has 132 valence electrons. The number of aromatic hydroxyl groups is 1. The van der Waals surface area contributed by atoms with Gasteiger partial charge in [0.1, 0.15) is 5.75 Å². The van der Waals surface area contributed by atoms with Crippen LogP contribution >= 0.6 is 0 Å². The van der Waals surface area contributed by atoms with Crippen molar-refractivity contribution in [3.8, 4) is 5.75 Å². The standard InChI is InChI=1S/C23H23NO2/c25-22-13-11-21(12-14-22)23(26)15-16-24(17-19-7-3-1-4-8-19)18-20-9-5-2-6-10-20/h1-14,25H,15-18H2. The highest BCUT2D eigenvalue weighted by atomic mass is 16.3. The van der Waals surface area contributed by atoms with E-state index in [9.17, 15) is 9.90 Å². The van der Waals surface area contributed by atoms with Crippen molar-refractivity contribution in [3.63, 3.8) is 0 Å². The molecule has 0 heterocycles. The van der Waals surface area contributed by atoms with E-state index >= 15 is 0 Å². The normalized spacial score (nSPS) is 10.8. The van der Waals surface area contributed by atoms with E-state index in [1.165, 1.54) is 11.1 Å². The summed E-state index contributed by atoms with van der Waals surface area (Å²) in [6.45, 7) is 2.29. The Bertz CT molecular complexity index is 772. The summed E-state index contributed by atoms with van der Waals surface area (Å²) in [6, 6.07) is 27.1. The van der Waals surface area contributed by atoms with Crippen molar-refractivity contribution in [1.29, 1.82) is 0 Å². The van der Waals surface area contributed by atoms with Gasteiger partial charge in [0.2, 0.25) is 0 Å². The minimum Gasteiger partial charge on any atom is -0.508 e. The number of phenols is 1. The zero-order chi connectivity index (χ0) is 18.2. The second-order valence-corrected chi connectivity index (χ2v) is 6.40. The number of Topliss-reactive ketones (excluding diaryl/α,β-unsaturated/α-hetero) is 1. The van der Waals surface area contributed by atoms with Crippen molar-refractivity contribution in [2.45, 2.75) is 19.5 Å². The lowest BCUT2D eigenvalue weighted by Crippen LogP contribution is -2.25. The molecule has 3 rings (SSSR count). The second kappa shape index (κ2) is 8.97. The first-order valence-electron chi connectivity index (χ1n) is 8.83. The number of phenolic OH excluding ortho intramolecular Hbond substituents is 1. The lowest BCUT2D eigenvalue weighted by molar-refractivity contribution is 0.0960. The molecular formula is C23H23NO2. The maximum atomic E-state index is 12.5. The van der Waals surface area contributed by atoms with Crippen LogP contribution in [0.3, 0.4) is 0 Å². The van der Waals surface area contributed by atoms with Gasteiger partial charge in [0.05, 0.1) is 0 Å². The SMILES string of the molecule is O=C(CCN(Cc1ccccc1)Cc1ccccc1)c1ccc(O)cc1. The molecule has 0 saturated carbocycles. The van der Waals surface area contributed by atoms with Gasteiger partial charge in [-0.2, -0.15) is 0 Å². The summed E-state index contributed by atoms with van der Waals surface area (Å²) >= 11 is 0. The molecule has 0 unspecified atom stereocenters. The molecule has 0 fully saturated rings. The summed E-state index contributed by atoms with van der Waals surface area (Å²) in [5.74, 6) is 0.271. The minimum atomic E-state index is 0.0936. The molecule has 0 aliphatic rings. The molecule has 3 aromatic rings. The monoisotopic (exact) mass is 345 g/mol. The quantitative estimate of drug-likeness (QED) is 0.603.